The number of nitrogens with zero attached hydrogens (tertiary/aromatic N) is 3. The molecule has 2 aromatic rings. The molecule has 0 aliphatic carbocycles. The molecule has 0 unspecified atom stereocenters. The quantitative estimate of drug-likeness (QED) is 0.784. The van der Waals surface area contributed by atoms with Crippen molar-refractivity contribution < 1.29 is 14.6 Å². The number of ether oxygens (including phenoxy) is 1. The Morgan fingerprint density at radius 2 is 2.27 bits per heavy atom. The smallest absolute Gasteiger partial charge is 0.241 e. The Kier molecular flexibility index (Phi) is 5.48. The third kappa shape index (κ3) is 3.82. The van der Waals surface area contributed by atoms with Gasteiger partial charge >= 0.3 is 0 Å². The number of aromatic nitrogens is 3. The van der Waals surface area contributed by atoms with E-state index in [1.807, 2.05) is 24.3 Å². The number of hydrogen-bond acceptors (Lipinski definition) is 5. The summed E-state index contributed by atoms with van der Waals surface area (Å²) in [5.41, 5.74) is 2.18. The van der Waals surface area contributed by atoms with E-state index >= 15 is 0 Å². The van der Waals surface area contributed by atoms with Gasteiger partial charge in [-0.3, -0.25) is 4.79 Å². The van der Waals surface area contributed by atoms with Gasteiger partial charge in [0.25, 0.3) is 0 Å². The summed E-state index contributed by atoms with van der Waals surface area (Å²) in [6.45, 7) is 2.05. The van der Waals surface area contributed by atoms with Crippen LogP contribution in [0.1, 0.15) is 23.9 Å². The van der Waals surface area contributed by atoms with Crippen molar-refractivity contribution in [2.45, 2.75) is 33.1 Å². The van der Waals surface area contributed by atoms with E-state index in [9.17, 15) is 9.90 Å². The normalized spacial score (nSPS) is 10.5. The van der Waals surface area contributed by atoms with Gasteiger partial charge in [0.05, 0.1) is 6.61 Å². The van der Waals surface area contributed by atoms with Crippen LogP contribution in [-0.2, 0) is 31.0 Å². The molecule has 0 aliphatic rings. The van der Waals surface area contributed by atoms with Crippen LogP contribution in [0.2, 0.25) is 0 Å². The zero-order chi connectivity index (χ0) is 15.9. The molecule has 0 saturated carbocycles. The largest absolute Gasteiger partial charge is 0.487 e. The predicted octanol–water partition coefficient (Wildman–Crippen LogP) is 0.658. The van der Waals surface area contributed by atoms with Crippen LogP contribution in [0.3, 0.4) is 0 Å². The van der Waals surface area contributed by atoms with E-state index in [1.165, 1.54) is 10.2 Å². The first-order valence-corrected chi connectivity index (χ1v) is 7.12. The van der Waals surface area contributed by atoms with Crippen LogP contribution in [0, 0.1) is 0 Å². The van der Waals surface area contributed by atoms with E-state index in [4.69, 9.17) is 4.74 Å². The van der Waals surface area contributed by atoms with Crippen molar-refractivity contribution >= 4 is 5.91 Å². The number of aliphatic hydroxyl groups excluding tert-OH is 1. The highest BCUT2D eigenvalue weighted by molar-refractivity contribution is 5.75. The van der Waals surface area contributed by atoms with Gasteiger partial charge in [0.1, 0.15) is 30.3 Å². The Hall–Kier alpha value is -2.41. The highest BCUT2D eigenvalue weighted by atomic mass is 16.5. The zero-order valence-corrected chi connectivity index (χ0v) is 12.7. The molecule has 7 nitrogen and oxygen atoms in total. The number of hydrogen-bond donors (Lipinski definition) is 2. The van der Waals surface area contributed by atoms with Gasteiger partial charge in [-0.05, 0) is 24.1 Å². The molecule has 0 aliphatic heterocycles. The molecular formula is C15H20N4O3. The van der Waals surface area contributed by atoms with Crippen molar-refractivity contribution in [1.29, 1.82) is 0 Å². The Morgan fingerprint density at radius 3 is 2.95 bits per heavy atom. The van der Waals surface area contributed by atoms with Crippen LogP contribution in [0.4, 0.5) is 0 Å². The SMILES string of the molecule is CCc1cccc(OCc2c(CO)nnn2CC(=O)NC)c1. The van der Waals surface area contributed by atoms with E-state index < -0.39 is 0 Å². The van der Waals surface area contributed by atoms with Crippen LogP contribution >= 0.6 is 0 Å². The van der Waals surface area contributed by atoms with Crippen LogP contribution in [0.5, 0.6) is 5.75 Å². The number of amides is 1. The van der Waals surface area contributed by atoms with Crippen molar-refractivity contribution in [2.24, 2.45) is 0 Å². The standard InChI is InChI=1S/C15H20N4O3/c1-3-11-5-4-6-12(7-11)22-10-14-13(9-20)17-18-19(14)8-15(21)16-2/h4-7,20H,3,8-10H2,1-2H3,(H,16,21). The van der Waals surface area contributed by atoms with Gasteiger partial charge in [-0.2, -0.15) is 0 Å². The molecule has 1 heterocycles. The van der Waals surface area contributed by atoms with Crippen molar-refractivity contribution in [3.63, 3.8) is 0 Å². The van der Waals surface area contributed by atoms with Gasteiger partial charge in [0.15, 0.2) is 0 Å². The number of carbonyl (C=O) groups excluding carboxylic acids is 1. The minimum atomic E-state index is -0.249. The summed E-state index contributed by atoms with van der Waals surface area (Å²) in [4.78, 5) is 11.5. The Labute approximate surface area is 128 Å². The number of likely N-dealkylation sites (N-methyl/N-ethyl adjacent to an activating group) is 1. The molecule has 0 radical (unpaired) electrons. The number of benzene rings is 1. The molecule has 22 heavy (non-hydrogen) atoms. The van der Waals surface area contributed by atoms with Crippen LogP contribution in [0.15, 0.2) is 24.3 Å². The average molecular weight is 304 g/mol. The second-order valence-corrected chi connectivity index (χ2v) is 4.76. The molecule has 2 N–H and O–H groups in total. The molecule has 7 heteroatoms. The van der Waals surface area contributed by atoms with Gasteiger partial charge in [0, 0.05) is 7.05 Å². The summed E-state index contributed by atoms with van der Waals surface area (Å²) in [5, 5.41) is 19.6. The zero-order valence-electron chi connectivity index (χ0n) is 12.7. The number of aliphatic hydroxyl groups is 1. The highest BCUT2D eigenvalue weighted by Gasteiger charge is 2.15. The first-order valence-electron chi connectivity index (χ1n) is 7.12. The number of carbonyl (C=O) groups is 1. The van der Waals surface area contributed by atoms with Crippen LogP contribution in [0.25, 0.3) is 0 Å². The van der Waals surface area contributed by atoms with Crippen molar-refractivity contribution in [3.8, 4) is 5.75 Å². The molecule has 0 spiro atoms. The van der Waals surface area contributed by atoms with E-state index in [1.54, 1.807) is 7.05 Å². The van der Waals surface area contributed by atoms with E-state index in [-0.39, 0.29) is 25.7 Å². The molecule has 2 rings (SSSR count). The van der Waals surface area contributed by atoms with E-state index in [0.29, 0.717) is 11.4 Å². The van der Waals surface area contributed by atoms with Crippen molar-refractivity contribution in [2.75, 3.05) is 7.05 Å². The van der Waals surface area contributed by atoms with Crippen molar-refractivity contribution in [3.05, 3.63) is 41.2 Å². The minimum Gasteiger partial charge on any atom is -0.487 e. The lowest BCUT2D eigenvalue weighted by Gasteiger charge is -2.10. The Morgan fingerprint density at radius 1 is 1.45 bits per heavy atom. The fraction of sp³-hybridized carbons (Fsp3) is 0.400. The second kappa shape index (κ2) is 7.56. The van der Waals surface area contributed by atoms with Crippen LogP contribution < -0.4 is 10.1 Å². The van der Waals surface area contributed by atoms with Gasteiger partial charge in [-0.1, -0.05) is 24.3 Å². The number of aryl methyl sites for hydroxylation is 1. The molecule has 0 fully saturated rings. The summed E-state index contributed by atoms with van der Waals surface area (Å²) in [7, 11) is 1.55. The maximum absolute atomic E-state index is 11.5. The maximum Gasteiger partial charge on any atom is 0.241 e. The van der Waals surface area contributed by atoms with E-state index in [0.717, 1.165) is 12.2 Å². The lowest BCUT2D eigenvalue weighted by molar-refractivity contribution is -0.121. The molecular weight excluding hydrogens is 284 g/mol. The first-order chi connectivity index (χ1) is 10.7. The molecule has 0 atom stereocenters. The number of rotatable bonds is 7. The van der Waals surface area contributed by atoms with Crippen LogP contribution in [-0.4, -0.2) is 33.1 Å². The summed E-state index contributed by atoms with van der Waals surface area (Å²) in [6, 6.07) is 7.79. The Balaban J connectivity index is 2.13. The molecule has 0 saturated heterocycles. The summed E-state index contributed by atoms with van der Waals surface area (Å²) in [5.74, 6) is 0.541. The van der Waals surface area contributed by atoms with Gasteiger partial charge in [-0.15, -0.1) is 5.10 Å². The average Bonchev–Trinajstić information content (AvgIpc) is 2.94. The summed E-state index contributed by atoms with van der Waals surface area (Å²) in [6.07, 6.45) is 0.926. The minimum absolute atomic E-state index is 0.0389. The summed E-state index contributed by atoms with van der Waals surface area (Å²) >= 11 is 0. The second-order valence-electron chi connectivity index (χ2n) is 4.76. The third-order valence-electron chi connectivity index (χ3n) is 3.32. The van der Waals surface area contributed by atoms with Gasteiger partial charge < -0.3 is 15.2 Å². The van der Waals surface area contributed by atoms with E-state index in [2.05, 4.69) is 22.6 Å². The summed E-state index contributed by atoms with van der Waals surface area (Å²) < 4.78 is 7.19. The van der Waals surface area contributed by atoms with Gasteiger partial charge in [0.2, 0.25) is 5.91 Å². The topological polar surface area (TPSA) is 89.3 Å². The van der Waals surface area contributed by atoms with Gasteiger partial charge in [-0.25, -0.2) is 4.68 Å². The lowest BCUT2D eigenvalue weighted by Crippen LogP contribution is -2.25. The number of nitrogens with one attached hydrogen (secondary N) is 1. The fourth-order valence-corrected chi connectivity index (χ4v) is 2.00. The molecule has 1 aromatic heterocycles. The van der Waals surface area contributed by atoms with Crippen molar-refractivity contribution in [1.82, 2.24) is 20.3 Å². The third-order valence-corrected chi connectivity index (χ3v) is 3.32. The molecule has 1 amide bonds. The highest BCUT2D eigenvalue weighted by Crippen LogP contribution is 2.16. The fourth-order valence-electron chi connectivity index (χ4n) is 2.00. The maximum atomic E-state index is 11.5. The molecule has 0 bridgehead atoms. The first kappa shape index (κ1) is 16.0. The monoisotopic (exact) mass is 304 g/mol. The Bertz CT molecular complexity index is 639. The molecule has 1 aromatic carbocycles. The molecule has 118 valence electrons. The lowest BCUT2D eigenvalue weighted by atomic mass is 10.2. The predicted molar refractivity (Wildman–Crippen MR) is 80.2 cm³/mol.